The van der Waals surface area contributed by atoms with Gasteiger partial charge in [-0.2, -0.15) is 0 Å². The van der Waals surface area contributed by atoms with Crippen molar-refractivity contribution in [2.24, 2.45) is 11.8 Å². The molecule has 5 atom stereocenters. The Hall–Kier alpha value is -2.16. The summed E-state index contributed by atoms with van der Waals surface area (Å²) in [5.41, 5.74) is 2.20. The first-order chi connectivity index (χ1) is 18.2. The van der Waals surface area contributed by atoms with Crippen LogP contribution in [0.15, 0.2) is 34.1 Å². The average Bonchev–Trinajstić information content (AvgIpc) is 3.44. The van der Waals surface area contributed by atoms with Crippen LogP contribution in [0.2, 0.25) is 0 Å². The maximum atomic E-state index is 13.8. The van der Waals surface area contributed by atoms with Gasteiger partial charge in [0.25, 0.3) is 0 Å². The molecule has 2 aliphatic carbocycles. The number of thiophene rings is 1. The first-order valence-corrected chi connectivity index (χ1v) is 15.3. The van der Waals surface area contributed by atoms with Crippen molar-refractivity contribution in [3.05, 3.63) is 50.1 Å². The number of likely N-dealkylation sites (tertiary alicyclic amines) is 1. The topological polar surface area (TPSA) is 59.1 Å². The molecule has 2 aromatic rings. The normalized spacial score (nSPS) is 29.3. The fourth-order valence-electron chi connectivity index (χ4n) is 7.73. The second-order valence-corrected chi connectivity index (χ2v) is 13.6. The molecule has 1 saturated carbocycles. The number of rotatable bonds is 6. The Morgan fingerprint density at radius 2 is 2.16 bits per heavy atom. The van der Waals surface area contributed by atoms with Crippen LogP contribution in [0.1, 0.15) is 56.0 Å². The maximum Gasteiger partial charge on any atom is 0.308 e. The quantitative estimate of drug-likeness (QED) is 0.243. The summed E-state index contributed by atoms with van der Waals surface area (Å²) < 4.78 is 13.6. The molecule has 6 nitrogen and oxygen atoms in total. The second kappa shape index (κ2) is 9.79. The third-order valence-corrected chi connectivity index (χ3v) is 10.7. The highest BCUT2D eigenvalue weighted by atomic mass is 79.9. The standard InChI is InChI=1S/C30H35BrN2O4S/c1-17(2)15-33(27(35)10-5-20-13-19(31)16-38-20)23-7-6-22-24-14-21-25(36-18(3)34)8-9-26-28(21)30(22,29(23)37-26)11-12-32(24)4/h5,8-10,13,16-17,22-24,29H,6-7,11-12,14-15H2,1-4H3/b10-5+/t22-,23+,24+,29-,30-/m0/s1. The van der Waals surface area contributed by atoms with Crippen molar-refractivity contribution in [3.8, 4) is 11.5 Å². The van der Waals surface area contributed by atoms with E-state index >= 15 is 0 Å². The van der Waals surface area contributed by atoms with E-state index in [2.05, 4.69) is 46.6 Å². The summed E-state index contributed by atoms with van der Waals surface area (Å²) in [5.74, 6) is 2.12. The predicted molar refractivity (Wildman–Crippen MR) is 153 cm³/mol. The highest BCUT2D eigenvalue weighted by Gasteiger charge is 2.66. The molecule has 38 heavy (non-hydrogen) atoms. The lowest BCUT2D eigenvalue weighted by Crippen LogP contribution is -2.68. The third kappa shape index (κ3) is 4.14. The van der Waals surface area contributed by atoms with E-state index < -0.39 is 0 Å². The monoisotopic (exact) mass is 598 g/mol. The Balaban J connectivity index is 1.41. The molecule has 4 aliphatic rings. The van der Waals surface area contributed by atoms with Gasteiger partial charge in [0, 0.05) is 56.9 Å². The zero-order valence-corrected chi connectivity index (χ0v) is 24.8. The number of ether oxygens (including phenoxy) is 2. The smallest absolute Gasteiger partial charge is 0.308 e. The molecule has 1 saturated heterocycles. The van der Waals surface area contributed by atoms with Gasteiger partial charge in [-0.3, -0.25) is 9.59 Å². The van der Waals surface area contributed by atoms with Gasteiger partial charge in [-0.25, -0.2) is 0 Å². The lowest BCUT2D eigenvalue weighted by molar-refractivity contribution is -0.138. The zero-order chi connectivity index (χ0) is 26.8. The molecule has 1 aromatic carbocycles. The lowest BCUT2D eigenvalue weighted by Gasteiger charge is -2.60. The Kier molecular flexibility index (Phi) is 6.72. The van der Waals surface area contributed by atoms with Crippen molar-refractivity contribution < 1.29 is 19.1 Å². The Morgan fingerprint density at radius 3 is 2.87 bits per heavy atom. The summed E-state index contributed by atoms with van der Waals surface area (Å²) in [6, 6.07) is 6.27. The van der Waals surface area contributed by atoms with Crippen molar-refractivity contribution >= 4 is 45.2 Å². The van der Waals surface area contributed by atoms with Crippen LogP contribution in [0.3, 0.4) is 0 Å². The van der Waals surface area contributed by atoms with Gasteiger partial charge in [-0.15, -0.1) is 11.3 Å². The van der Waals surface area contributed by atoms with E-state index in [1.807, 2.05) is 29.7 Å². The molecule has 1 aromatic heterocycles. The van der Waals surface area contributed by atoms with Crippen LogP contribution in [0.4, 0.5) is 0 Å². The highest BCUT2D eigenvalue weighted by molar-refractivity contribution is 9.10. The molecule has 2 aliphatic heterocycles. The second-order valence-electron chi connectivity index (χ2n) is 11.7. The summed E-state index contributed by atoms with van der Waals surface area (Å²) in [7, 11) is 2.22. The molecule has 0 unspecified atom stereocenters. The highest BCUT2D eigenvalue weighted by Crippen LogP contribution is 2.63. The minimum atomic E-state index is -0.297. The number of hydrogen-bond acceptors (Lipinski definition) is 6. The number of likely N-dealkylation sites (N-methyl/N-ethyl adjacent to an activating group) is 1. The number of hydrogen-bond donors (Lipinski definition) is 0. The fraction of sp³-hybridized carbons (Fsp3) is 0.533. The number of halogens is 1. The van der Waals surface area contributed by atoms with Gasteiger partial charge in [0.2, 0.25) is 5.91 Å². The summed E-state index contributed by atoms with van der Waals surface area (Å²) in [6.45, 7) is 7.49. The summed E-state index contributed by atoms with van der Waals surface area (Å²) in [6.07, 6.45) is 7.38. The SMILES string of the molecule is CC(=O)Oc1ccc2c3c1C[C@@H]1[C@@H]4CC[C@@H](N(CC(C)C)C(=O)/C=C/c5cc(Br)cs5)[C@H](O2)[C@]34CCN1C. The van der Waals surface area contributed by atoms with Gasteiger partial charge in [0.05, 0.1) is 6.04 Å². The molecule has 0 N–H and O–H groups in total. The van der Waals surface area contributed by atoms with Crippen LogP contribution >= 0.6 is 27.3 Å². The molecule has 1 amide bonds. The lowest BCUT2D eigenvalue weighted by atomic mass is 9.51. The van der Waals surface area contributed by atoms with Gasteiger partial charge < -0.3 is 19.3 Å². The van der Waals surface area contributed by atoms with Crippen LogP contribution in [-0.2, 0) is 21.4 Å². The van der Waals surface area contributed by atoms with Gasteiger partial charge in [-0.1, -0.05) is 13.8 Å². The number of amides is 1. The maximum absolute atomic E-state index is 13.8. The minimum absolute atomic E-state index is 0.0135. The van der Waals surface area contributed by atoms with Crippen LogP contribution in [0, 0.1) is 11.8 Å². The minimum Gasteiger partial charge on any atom is -0.487 e. The molecule has 6 rings (SSSR count). The van der Waals surface area contributed by atoms with Gasteiger partial charge >= 0.3 is 5.97 Å². The number of carbonyl (C=O) groups is 2. The number of nitrogens with zero attached hydrogens (tertiary/aromatic N) is 2. The van der Waals surface area contributed by atoms with E-state index in [0.29, 0.717) is 30.2 Å². The van der Waals surface area contributed by atoms with Crippen molar-refractivity contribution in [2.75, 3.05) is 20.1 Å². The van der Waals surface area contributed by atoms with Gasteiger partial charge in [0.15, 0.2) is 0 Å². The molecule has 8 heteroatoms. The zero-order valence-electron chi connectivity index (χ0n) is 22.4. The van der Waals surface area contributed by atoms with Crippen LogP contribution in [0.5, 0.6) is 11.5 Å². The predicted octanol–water partition coefficient (Wildman–Crippen LogP) is 5.67. The Morgan fingerprint density at radius 1 is 1.34 bits per heavy atom. The first kappa shape index (κ1) is 26.1. The molecule has 1 spiro atoms. The molecule has 3 heterocycles. The molecule has 0 radical (unpaired) electrons. The van der Waals surface area contributed by atoms with Crippen molar-refractivity contribution in [3.63, 3.8) is 0 Å². The van der Waals surface area contributed by atoms with E-state index in [0.717, 1.165) is 52.9 Å². The average molecular weight is 600 g/mol. The van der Waals surface area contributed by atoms with E-state index in [-0.39, 0.29) is 29.4 Å². The summed E-state index contributed by atoms with van der Waals surface area (Å²) >= 11 is 5.12. The van der Waals surface area contributed by atoms with Crippen LogP contribution in [-0.4, -0.2) is 60.0 Å². The molecule has 2 fully saturated rings. The number of carbonyl (C=O) groups excluding carboxylic acids is 2. The summed E-state index contributed by atoms with van der Waals surface area (Å²) in [4.78, 5) is 31.4. The van der Waals surface area contributed by atoms with E-state index in [4.69, 9.17) is 9.47 Å². The molecular formula is C30H35BrN2O4S. The Bertz CT molecular complexity index is 1310. The van der Waals surface area contributed by atoms with Crippen LogP contribution in [0.25, 0.3) is 6.08 Å². The van der Waals surface area contributed by atoms with Crippen molar-refractivity contribution in [2.45, 2.75) is 70.1 Å². The van der Waals surface area contributed by atoms with Gasteiger partial charge in [-0.05, 0) is 91.3 Å². The summed E-state index contributed by atoms with van der Waals surface area (Å²) in [5, 5.41) is 2.03. The van der Waals surface area contributed by atoms with E-state index in [1.54, 1.807) is 17.4 Å². The molecule has 2 bridgehead atoms. The number of benzene rings is 1. The van der Waals surface area contributed by atoms with E-state index in [1.165, 1.54) is 12.5 Å². The van der Waals surface area contributed by atoms with Crippen molar-refractivity contribution in [1.82, 2.24) is 9.80 Å². The number of piperidine rings is 1. The first-order valence-electron chi connectivity index (χ1n) is 13.6. The third-order valence-electron chi connectivity index (χ3n) is 9.04. The van der Waals surface area contributed by atoms with E-state index in [9.17, 15) is 9.59 Å². The van der Waals surface area contributed by atoms with Crippen molar-refractivity contribution in [1.29, 1.82) is 0 Å². The largest absolute Gasteiger partial charge is 0.487 e. The Labute approximate surface area is 237 Å². The van der Waals surface area contributed by atoms with Crippen LogP contribution < -0.4 is 9.47 Å². The molecular weight excluding hydrogens is 564 g/mol. The number of esters is 1. The van der Waals surface area contributed by atoms with Gasteiger partial charge in [0.1, 0.15) is 17.6 Å². The fourth-order valence-corrected chi connectivity index (χ4v) is 9.06. The molecule has 202 valence electrons.